The molecule has 1 N–H and O–H groups in total. The molecular weight excluding hydrogens is 484 g/mol. The summed E-state index contributed by atoms with van der Waals surface area (Å²) in [6.07, 6.45) is 1.97. The van der Waals surface area contributed by atoms with Crippen LogP contribution in [0.2, 0.25) is 0 Å². The van der Waals surface area contributed by atoms with Crippen molar-refractivity contribution in [3.05, 3.63) is 12.2 Å². The van der Waals surface area contributed by atoms with Crippen LogP contribution in [0.5, 0.6) is 0 Å². The number of hydrogen-bond acceptors (Lipinski definition) is 12. The summed E-state index contributed by atoms with van der Waals surface area (Å²) in [5.41, 5.74) is 0.716. The molecule has 3 aliphatic rings. The molecule has 5 rings (SSSR count). The van der Waals surface area contributed by atoms with E-state index >= 15 is 0 Å². The number of rotatable bonds is 7. The fourth-order valence-corrected chi connectivity index (χ4v) is 5.77. The normalized spacial score (nSPS) is 30.2. The van der Waals surface area contributed by atoms with Crippen molar-refractivity contribution in [2.24, 2.45) is 11.8 Å². The minimum atomic E-state index is -1.10. The Morgan fingerprint density at radius 3 is 2.49 bits per heavy atom. The monoisotopic (exact) mass is 512 g/mol. The summed E-state index contributed by atoms with van der Waals surface area (Å²) in [5, 5.41) is 13.1. The summed E-state index contributed by atoms with van der Waals surface area (Å²) in [7, 11) is 0. The molecular formula is C24H28N6O7. The number of anilines is 1. The highest BCUT2D eigenvalue weighted by atomic mass is 16.7. The number of carbonyl (C=O) groups excluding carboxylic acids is 3. The largest absolute Gasteiger partial charge is 0.463 e. The molecule has 1 saturated heterocycles. The van der Waals surface area contributed by atoms with Crippen LogP contribution < -0.4 is 5.32 Å². The lowest BCUT2D eigenvalue weighted by Gasteiger charge is -2.24. The maximum absolute atomic E-state index is 12.0. The zero-order chi connectivity index (χ0) is 26.3. The van der Waals surface area contributed by atoms with Gasteiger partial charge in [0.2, 0.25) is 5.82 Å². The van der Waals surface area contributed by atoms with E-state index in [0.717, 1.165) is 12.8 Å². The molecule has 3 heterocycles. The molecule has 3 fully saturated rings. The Labute approximate surface area is 212 Å². The van der Waals surface area contributed by atoms with Crippen LogP contribution in [0, 0.1) is 23.2 Å². The van der Waals surface area contributed by atoms with Crippen molar-refractivity contribution in [3.63, 3.8) is 0 Å². The Kier molecular flexibility index (Phi) is 6.68. The Balaban J connectivity index is 1.52. The molecule has 37 heavy (non-hydrogen) atoms. The Hall–Kier alpha value is -3.79. The van der Waals surface area contributed by atoms with Crippen LogP contribution in [0.15, 0.2) is 6.33 Å². The fraction of sp³-hybridized carbons (Fsp3) is 0.625. The Morgan fingerprint density at radius 2 is 1.86 bits per heavy atom. The summed E-state index contributed by atoms with van der Waals surface area (Å²) in [6, 6.07) is 2.23. The van der Waals surface area contributed by atoms with E-state index in [4.69, 9.17) is 18.9 Å². The van der Waals surface area contributed by atoms with E-state index in [1.165, 1.54) is 44.5 Å². The molecule has 196 valence electrons. The van der Waals surface area contributed by atoms with Gasteiger partial charge in [0.25, 0.3) is 0 Å². The highest BCUT2D eigenvalue weighted by molar-refractivity contribution is 5.83. The van der Waals surface area contributed by atoms with Gasteiger partial charge in [-0.2, -0.15) is 15.2 Å². The van der Waals surface area contributed by atoms with E-state index in [-0.39, 0.29) is 24.1 Å². The summed E-state index contributed by atoms with van der Waals surface area (Å²) >= 11 is 0. The number of esters is 3. The first kappa shape index (κ1) is 24.9. The number of nitrogens with one attached hydrogen (secondary N) is 1. The molecule has 2 aromatic rings. The predicted octanol–water partition coefficient (Wildman–Crippen LogP) is 1.62. The molecule has 0 amide bonds. The zero-order valence-electron chi connectivity index (χ0n) is 20.7. The molecule has 7 atom stereocenters. The lowest BCUT2D eigenvalue weighted by Crippen LogP contribution is -2.40. The summed E-state index contributed by atoms with van der Waals surface area (Å²) in [5.74, 6) is -0.144. The van der Waals surface area contributed by atoms with Gasteiger partial charge in [0.05, 0.1) is 6.33 Å². The first-order valence-electron chi connectivity index (χ1n) is 12.3. The Morgan fingerprint density at radius 1 is 1.11 bits per heavy atom. The molecule has 0 aromatic carbocycles. The number of aromatic nitrogens is 4. The minimum Gasteiger partial charge on any atom is -0.463 e. The van der Waals surface area contributed by atoms with Crippen molar-refractivity contribution in [2.75, 3.05) is 11.9 Å². The van der Waals surface area contributed by atoms with Gasteiger partial charge < -0.3 is 24.3 Å². The van der Waals surface area contributed by atoms with Crippen molar-refractivity contribution >= 4 is 34.9 Å². The third-order valence-electron chi connectivity index (χ3n) is 7.20. The molecule has 3 unspecified atom stereocenters. The van der Waals surface area contributed by atoms with Gasteiger partial charge in [-0.1, -0.05) is 6.42 Å². The zero-order valence-corrected chi connectivity index (χ0v) is 20.7. The quantitative estimate of drug-likeness (QED) is 0.421. The van der Waals surface area contributed by atoms with E-state index in [2.05, 4.69) is 20.3 Å². The van der Waals surface area contributed by atoms with Crippen LogP contribution in [-0.4, -0.2) is 68.4 Å². The maximum atomic E-state index is 12.0. The molecule has 1 aliphatic heterocycles. The summed E-state index contributed by atoms with van der Waals surface area (Å²) in [6.45, 7) is 3.45. The predicted molar refractivity (Wildman–Crippen MR) is 125 cm³/mol. The number of carbonyl (C=O) groups is 3. The van der Waals surface area contributed by atoms with Crippen molar-refractivity contribution < 1.29 is 33.3 Å². The van der Waals surface area contributed by atoms with Crippen molar-refractivity contribution in [1.29, 1.82) is 5.26 Å². The standard InChI is InChI=1S/C24H28N6O7/c1-11(31)34-9-17-20(35-12(2)32)21(36-13(3)33)24(37-17)30-10-26-19-22(28-18(8-25)29-23(19)30)27-16-7-14-4-5-15(16)6-14/h10,14-17,20-21,24H,4-7,9H2,1-3H3,(H,27,28,29)/t14?,15?,16?,17-,20-,21-,24-/m1/s1. The molecule has 0 radical (unpaired) electrons. The number of nitrogens with zero attached hydrogens (tertiary/aromatic N) is 5. The number of imidazole rings is 1. The average molecular weight is 513 g/mol. The Bertz CT molecular complexity index is 1270. The van der Waals surface area contributed by atoms with E-state index in [9.17, 15) is 19.6 Å². The number of ether oxygens (including phenoxy) is 4. The molecule has 2 bridgehead atoms. The minimum absolute atomic E-state index is 0.0602. The van der Waals surface area contributed by atoms with Crippen LogP contribution in [0.25, 0.3) is 11.2 Å². The maximum Gasteiger partial charge on any atom is 0.303 e. The van der Waals surface area contributed by atoms with Gasteiger partial charge in [0, 0.05) is 26.8 Å². The van der Waals surface area contributed by atoms with Crippen LogP contribution in [0.1, 0.15) is 58.5 Å². The van der Waals surface area contributed by atoms with Gasteiger partial charge >= 0.3 is 17.9 Å². The summed E-state index contributed by atoms with van der Waals surface area (Å²) < 4.78 is 23.7. The molecule has 2 aromatic heterocycles. The lowest BCUT2D eigenvalue weighted by molar-refractivity contribution is -0.166. The van der Waals surface area contributed by atoms with Gasteiger partial charge in [-0.15, -0.1) is 0 Å². The van der Waals surface area contributed by atoms with Crippen molar-refractivity contribution in [3.8, 4) is 6.07 Å². The lowest BCUT2D eigenvalue weighted by atomic mass is 9.95. The van der Waals surface area contributed by atoms with Gasteiger partial charge in [-0.25, -0.2) is 4.98 Å². The van der Waals surface area contributed by atoms with Gasteiger partial charge in [0.15, 0.2) is 35.4 Å². The summed E-state index contributed by atoms with van der Waals surface area (Å²) in [4.78, 5) is 48.5. The van der Waals surface area contributed by atoms with Crippen molar-refractivity contribution in [1.82, 2.24) is 19.5 Å². The second kappa shape index (κ2) is 9.93. The van der Waals surface area contributed by atoms with Crippen LogP contribution in [0.4, 0.5) is 5.82 Å². The van der Waals surface area contributed by atoms with Crippen LogP contribution >= 0.6 is 0 Å². The second-order valence-electron chi connectivity index (χ2n) is 9.77. The van der Waals surface area contributed by atoms with E-state index in [1.54, 1.807) is 0 Å². The van der Waals surface area contributed by atoms with E-state index in [0.29, 0.717) is 23.2 Å². The third-order valence-corrected chi connectivity index (χ3v) is 7.20. The fourth-order valence-electron chi connectivity index (χ4n) is 5.77. The van der Waals surface area contributed by atoms with Crippen LogP contribution in [-0.2, 0) is 33.3 Å². The first-order chi connectivity index (χ1) is 17.7. The van der Waals surface area contributed by atoms with Crippen LogP contribution in [0.3, 0.4) is 0 Å². The smallest absolute Gasteiger partial charge is 0.303 e. The van der Waals surface area contributed by atoms with Gasteiger partial charge in [-0.05, 0) is 31.1 Å². The number of hydrogen-bond donors (Lipinski definition) is 1. The SMILES string of the molecule is CC(=O)OC[C@H]1O[C@@H](n2cnc3c(NC4CC5CCC4C5)nc(C#N)nc32)[C@H](OC(C)=O)[C@@H]1OC(C)=O. The third kappa shape index (κ3) is 4.93. The topological polar surface area (TPSA) is 168 Å². The number of fused-ring (bicyclic) bond motifs is 3. The highest BCUT2D eigenvalue weighted by Gasteiger charge is 2.51. The molecule has 2 aliphatic carbocycles. The van der Waals surface area contributed by atoms with Gasteiger partial charge in [0.1, 0.15) is 18.8 Å². The highest BCUT2D eigenvalue weighted by Crippen LogP contribution is 2.46. The first-order valence-corrected chi connectivity index (χ1v) is 12.3. The molecule has 0 spiro atoms. The average Bonchev–Trinajstić information content (AvgIpc) is 3.61. The second-order valence-corrected chi connectivity index (χ2v) is 9.77. The van der Waals surface area contributed by atoms with E-state index in [1.807, 2.05) is 6.07 Å². The number of nitriles is 1. The molecule has 13 nitrogen and oxygen atoms in total. The van der Waals surface area contributed by atoms with E-state index < -0.39 is 42.4 Å². The van der Waals surface area contributed by atoms with Crippen molar-refractivity contribution in [2.45, 2.75) is 77.0 Å². The molecule has 2 saturated carbocycles. The van der Waals surface area contributed by atoms with Gasteiger partial charge in [-0.3, -0.25) is 19.0 Å². The molecule has 13 heteroatoms.